The quantitative estimate of drug-likeness (QED) is 0.791. The summed E-state index contributed by atoms with van der Waals surface area (Å²) >= 11 is 1.34. The van der Waals surface area contributed by atoms with Crippen molar-refractivity contribution in [2.75, 3.05) is 0 Å². The van der Waals surface area contributed by atoms with Gasteiger partial charge in [0.05, 0.1) is 0 Å². The molecule has 1 aromatic carbocycles. The van der Waals surface area contributed by atoms with E-state index in [0.717, 1.165) is 22.1 Å². The third-order valence-corrected chi connectivity index (χ3v) is 4.24. The Kier molecular flexibility index (Phi) is 4.35. The standard InChI is InChI=1S/C15H17NO2S/c1-3-6-10(2)16-9-12-11-7-4-5-8-13(11)19-14(12)15(17)18/h3-5,7-8,10,16H,1,6,9H2,2H3,(H,17,18). The zero-order valence-corrected chi connectivity index (χ0v) is 11.7. The predicted molar refractivity (Wildman–Crippen MR) is 79.9 cm³/mol. The lowest BCUT2D eigenvalue weighted by molar-refractivity contribution is 0.0701. The Balaban J connectivity index is 2.31. The maximum Gasteiger partial charge on any atom is 0.346 e. The smallest absolute Gasteiger partial charge is 0.346 e. The third kappa shape index (κ3) is 3.03. The minimum atomic E-state index is -0.852. The van der Waals surface area contributed by atoms with Crippen LogP contribution in [0.5, 0.6) is 0 Å². The van der Waals surface area contributed by atoms with Crippen molar-refractivity contribution in [2.45, 2.75) is 25.9 Å². The third-order valence-electron chi connectivity index (χ3n) is 3.04. The molecule has 1 unspecified atom stereocenters. The van der Waals surface area contributed by atoms with Gasteiger partial charge in [-0.15, -0.1) is 17.9 Å². The molecule has 1 aromatic heterocycles. The Labute approximate surface area is 116 Å². The number of carboxylic acid groups (broad SMARTS) is 1. The molecule has 2 N–H and O–H groups in total. The maximum absolute atomic E-state index is 11.3. The molecule has 0 bridgehead atoms. The van der Waals surface area contributed by atoms with Crippen molar-refractivity contribution in [2.24, 2.45) is 0 Å². The number of hydrogen-bond acceptors (Lipinski definition) is 3. The summed E-state index contributed by atoms with van der Waals surface area (Å²) in [6.07, 6.45) is 2.73. The molecule has 0 saturated heterocycles. The van der Waals surface area contributed by atoms with E-state index in [4.69, 9.17) is 0 Å². The van der Waals surface area contributed by atoms with E-state index in [1.165, 1.54) is 11.3 Å². The van der Waals surface area contributed by atoms with Crippen molar-refractivity contribution >= 4 is 27.4 Å². The van der Waals surface area contributed by atoms with Gasteiger partial charge in [0.25, 0.3) is 0 Å². The highest BCUT2D eigenvalue weighted by Gasteiger charge is 2.17. The molecule has 2 rings (SSSR count). The number of aromatic carboxylic acids is 1. The number of thiophene rings is 1. The van der Waals surface area contributed by atoms with Crippen molar-refractivity contribution in [3.63, 3.8) is 0 Å². The highest BCUT2D eigenvalue weighted by Crippen LogP contribution is 2.31. The minimum absolute atomic E-state index is 0.290. The molecule has 1 heterocycles. The number of carboxylic acids is 1. The first-order chi connectivity index (χ1) is 9.13. The lowest BCUT2D eigenvalue weighted by Gasteiger charge is -2.11. The molecule has 0 amide bonds. The predicted octanol–water partition coefficient (Wildman–Crippen LogP) is 3.65. The normalized spacial score (nSPS) is 12.5. The first-order valence-corrected chi connectivity index (χ1v) is 7.03. The second kappa shape index (κ2) is 5.99. The summed E-state index contributed by atoms with van der Waals surface area (Å²) in [5.74, 6) is -0.852. The van der Waals surface area contributed by atoms with E-state index in [1.807, 2.05) is 30.3 Å². The zero-order valence-electron chi connectivity index (χ0n) is 10.8. The van der Waals surface area contributed by atoms with Gasteiger partial charge < -0.3 is 10.4 Å². The van der Waals surface area contributed by atoms with Gasteiger partial charge in [-0.1, -0.05) is 24.3 Å². The van der Waals surface area contributed by atoms with Gasteiger partial charge >= 0.3 is 5.97 Å². The van der Waals surface area contributed by atoms with Gasteiger partial charge in [-0.25, -0.2) is 4.79 Å². The molecule has 0 aliphatic carbocycles. The van der Waals surface area contributed by atoms with E-state index < -0.39 is 5.97 Å². The van der Waals surface area contributed by atoms with Gasteiger partial charge in [0.15, 0.2) is 0 Å². The van der Waals surface area contributed by atoms with E-state index in [9.17, 15) is 9.90 Å². The number of nitrogens with one attached hydrogen (secondary N) is 1. The molecule has 4 heteroatoms. The molecule has 0 saturated carbocycles. The molecule has 0 spiro atoms. The van der Waals surface area contributed by atoms with Crippen LogP contribution < -0.4 is 5.32 Å². The summed E-state index contributed by atoms with van der Waals surface area (Å²) in [5, 5.41) is 13.7. The lowest BCUT2D eigenvalue weighted by Crippen LogP contribution is -2.25. The van der Waals surface area contributed by atoms with E-state index in [2.05, 4.69) is 18.8 Å². The zero-order chi connectivity index (χ0) is 13.8. The first-order valence-electron chi connectivity index (χ1n) is 6.21. The van der Waals surface area contributed by atoms with Gasteiger partial charge in [-0.3, -0.25) is 0 Å². The summed E-state index contributed by atoms with van der Waals surface area (Å²) in [7, 11) is 0. The van der Waals surface area contributed by atoms with Crippen molar-refractivity contribution in [3.8, 4) is 0 Å². The largest absolute Gasteiger partial charge is 0.477 e. The van der Waals surface area contributed by atoms with Crippen LogP contribution in [0.4, 0.5) is 0 Å². The first kappa shape index (κ1) is 13.8. The van der Waals surface area contributed by atoms with Crippen LogP contribution in [-0.4, -0.2) is 17.1 Å². The Morgan fingerprint density at radius 1 is 1.53 bits per heavy atom. The van der Waals surface area contributed by atoms with Crippen LogP contribution in [-0.2, 0) is 6.54 Å². The van der Waals surface area contributed by atoms with E-state index in [-0.39, 0.29) is 6.04 Å². The van der Waals surface area contributed by atoms with Crippen molar-refractivity contribution < 1.29 is 9.90 Å². The van der Waals surface area contributed by atoms with Gasteiger partial charge in [0.1, 0.15) is 4.88 Å². The van der Waals surface area contributed by atoms with Crippen molar-refractivity contribution in [1.29, 1.82) is 0 Å². The number of rotatable bonds is 6. The van der Waals surface area contributed by atoms with Crippen LogP contribution in [0, 0.1) is 0 Å². The summed E-state index contributed by atoms with van der Waals surface area (Å²) < 4.78 is 1.02. The summed E-state index contributed by atoms with van der Waals surface area (Å²) in [6.45, 7) is 6.35. The Morgan fingerprint density at radius 2 is 2.26 bits per heavy atom. The Morgan fingerprint density at radius 3 is 2.95 bits per heavy atom. The minimum Gasteiger partial charge on any atom is -0.477 e. The fourth-order valence-electron chi connectivity index (χ4n) is 2.06. The summed E-state index contributed by atoms with van der Waals surface area (Å²) in [4.78, 5) is 11.8. The van der Waals surface area contributed by atoms with Gasteiger partial charge in [0.2, 0.25) is 0 Å². The van der Waals surface area contributed by atoms with Crippen LogP contribution in [0.2, 0.25) is 0 Å². The van der Waals surface area contributed by atoms with Gasteiger partial charge in [0, 0.05) is 17.3 Å². The van der Waals surface area contributed by atoms with Crippen LogP contribution >= 0.6 is 11.3 Å². The topological polar surface area (TPSA) is 49.3 Å². The highest BCUT2D eigenvalue weighted by molar-refractivity contribution is 7.21. The molecule has 1 atom stereocenters. The fourth-order valence-corrected chi connectivity index (χ4v) is 3.12. The molecule has 100 valence electrons. The van der Waals surface area contributed by atoms with Crippen LogP contribution in [0.1, 0.15) is 28.6 Å². The Bertz CT molecular complexity index is 603. The molecule has 19 heavy (non-hydrogen) atoms. The van der Waals surface area contributed by atoms with Crippen LogP contribution in [0.25, 0.3) is 10.1 Å². The second-order valence-corrected chi connectivity index (χ2v) is 5.57. The molecular formula is C15H17NO2S. The van der Waals surface area contributed by atoms with Crippen molar-refractivity contribution in [1.82, 2.24) is 5.32 Å². The molecule has 0 aliphatic heterocycles. The molecule has 3 nitrogen and oxygen atoms in total. The lowest BCUT2D eigenvalue weighted by atomic mass is 10.1. The van der Waals surface area contributed by atoms with Crippen molar-refractivity contribution in [3.05, 3.63) is 47.4 Å². The fraction of sp³-hybridized carbons (Fsp3) is 0.267. The average molecular weight is 275 g/mol. The summed E-state index contributed by atoms with van der Waals surface area (Å²) in [5.41, 5.74) is 0.879. The summed E-state index contributed by atoms with van der Waals surface area (Å²) in [6, 6.07) is 8.11. The number of carbonyl (C=O) groups is 1. The van der Waals surface area contributed by atoms with E-state index in [0.29, 0.717) is 11.4 Å². The highest BCUT2D eigenvalue weighted by atomic mass is 32.1. The Hall–Kier alpha value is -1.65. The molecule has 2 aromatic rings. The number of hydrogen-bond donors (Lipinski definition) is 2. The second-order valence-electron chi connectivity index (χ2n) is 4.52. The molecule has 0 fully saturated rings. The van der Waals surface area contributed by atoms with E-state index in [1.54, 1.807) is 0 Å². The SMILES string of the molecule is C=CCC(C)NCc1c(C(=O)O)sc2ccccc12. The molecular weight excluding hydrogens is 258 g/mol. The monoisotopic (exact) mass is 275 g/mol. The average Bonchev–Trinajstić information content (AvgIpc) is 2.75. The number of benzene rings is 1. The number of fused-ring (bicyclic) bond motifs is 1. The van der Waals surface area contributed by atoms with E-state index >= 15 is 0 Å². The maximum atomic E-state index is 11.3. The molecule has 0 aliphatic rings. The van der Waals surface area contributed by atoms with Gasteiger partial charge in [-0.2, -0.15) is 0 Å². The molecule has 0 radical (unpaired) electrons. The van der Waals surface area contributed by atoms with Crippen LogP contribution in [0.15, 0.2) is 36.9 Å². The van der Waals surface area contributed by atoms with Crippen LogP contribution in [0.3, 0.4) is 0 Å². The van der Waals surface area contributed by atoms with Gasteiger partial charge in [-0.05, 0) is 30.4 Å².